The van der Waals surface area contributed by atoms with Crippen LogP contribution in [0.1, 0.15) is 51.6 Å². The number of amides is 1. The average Bonchev–Trinajstić information content (AvgIpc) is 2.52. The van der Waals surface area contributed by atoms with Crippen molar-refractivity contribution in [2.45, 2.75) is 46.1 Å². The van der Waals surface area contributed by atoms with E-state index >= 15 is 0 Å². The van der Waals surface area contributed by atoms with Crippen molar-refractivity contribution in [3.8, 4) is 0 Å². The molecule has 0 heterocycles. The molecule has 0 bridgehead atoms. The van der Waals surface area contributed by atoms with Gasteiger partial charge >= 0.3 is 5.97 Å². The Bertz CT molecular complexity index is 705. The Balaban J connectivity index is 0.000000260. The monoisotopic (exact) mass is 358 g/mol. The molecule has 5 N–H and O–H groups in total. The second kappa shape index (κ2) is 10.6. The van der Waals surface area contributed by atoms with Crippen LogP contribution in [0.3, 0.4) is 0 Å². The first-order valence-electron chi connectivity index (χ1n) is 8.94. The van der Waals surface area contributed by atoms with Crippen molar-refractivity contribution in [2.75, 3.05) is 0 Å². The Morgan fingerprint density at radius 1 is 1.00 bits per heavy atom. The van der Waals surface area contributed by atoms with E-state index in [1.54, 1.807) is 0 Å². The number of carboxylic acid groups (broad SMARTS) is 1. The van der Waals surface area contributed by atoms with Gasteiger partial charge in [0.2, 0.25) is 5.91 Å². The Morgan fingerprint density at radius 3 is 2.15 bits per heavy atom. The standard InChI is InChI=1S/C12H13N.C9H17NO3/c1-9(13)11-8-4-6-10-5-2-3-7-12(10)11;1-6(2)3-7(4-8(10)11)5-9(12)13/h2-9H,13H2,1H3;6-7H,3-5H2,1-2H3,(H2,10,11)(H,12,13). The number of carbonyl (C=O) groups excluding carboxylic acids is 1. The first-order valence-corrected chi connectivity index (χ1v) is 8.94. The van der Waals surface area contributed by atoms with Gasteiger partial charge in [-0.05, 0) is 41.5 Å². The second-order valence-electron chi connectivity index (χ2n) is 7.12. The number of carboxylic acids is 1. The number of hydrogen-bond acceptors (Lipinski definition) is 3. The van der Waals surface area contributed by atoms with E-state index in [-0.39, 0.29) is 24.8 Å². The maximum Gasteiger partial charge on any atom is 0.303 e. The summed E-state index contributed by atoms with van der Waals surface area (Å²) in [5, 5.41) is 11.1. The predicted octanol–water partition coefficient (Wildman–Crippen LogP) is 3.86. The summed E-state index contributed by atoms with van der Waals surface area (Å²) < 4.78 is 0. The molecule has 0 aliphatic rings. The first-order chi connectivity index (χ1) is 12.2. The van der Waals surface area contributed by atoms with Gasteiger partial charge in [0.15, 0.2) is 0 Å². The number of fused-ring (bicyclic) bond motifs is 1. The van der Waals surface area contributed by atoms with Gasteiger partial charge in [0.25, 0.3) is 0 Å². The number of hydrogen-bond donors (Lipinski definition) is 3. The van der Waals surface area contributed by atoms with Crippen molar-refractivity contribution < 1.29 is 14.7 Å². The lowest BCUT2D eigenvalue weighted by molar-refractivity contribution is -0.138. The number of carbonyl (C=O) groups is 2. The Hall–Kier alpha value is -2.40. The van der Waals surface area contributed by atoms with Crippen LogP contribution >= 0.6 is 0 Å². The van der Waals surface area contributed by atoms with Gasteiger partial charge < -0.3 is 16.6 Å². The lowest BCUT2D eigenvalue weighted by atomic mass is 9.91. The minimum atomic E-state index is -0.869. The molecule has 0 radical (unpaired) electrons. The van der Waals surface area contributed by atoms with Crippen LogP contribution < -0.4 is 11.5 Å². The molecule has 5 heteroatoms. The number of rotatable bonds is 7. The molecular formula is C21H30N2O3. The second-order valence-corrected chi connectivity index (χ2v) is 7.12. The van der Waals surface area contributed by atoms with E-state index in [1.807, 2.05) is 32.9 Å². The molecule has 2 unspecified atom stereocenters. The summed E-state index contributed by atoms with van der Waals surface area (Å²) in [5.74, 6) is -1.02. The average molecular weight is 358 g/mol. The van der Waals surface area contributed by atoms with Gasteiger partial charge in [-0.3, -0.25) is 9.59 Å². The summed E-state index contributed by atoms with van der Waals surface area (Å²) in [7, 11) is 0. The molecule has 0 saturated heterocycles. The minimum Gasteiger partial charge on any atom is -0.481 e. The normalized spacial score (nSPS) is 13.0. The van der Waals surface area contributed by atoms with E-state index in [0.717, 1.165) is 6.42 Å². The summed E-state index contributed by atoms with van der Waals surface area (Å²) in [6.07, 6.45) is 0.931. The van der Waals surface area contributed by atoms with Gasteiger partial charge in [0.05, 0.1) is 0 Å². The van der Waals surface area contributed by atoms with Crippen LogP contribution in [0.15, 0.2) is 42.5 Å². The molecule has 2 aromatic carbocycles. The summed E-state index contributed by atoms with van der Waals surface area (Å²) >= 11 is 0. The summed E-state index contributed by atoms with van der Waals surface area (Å²) in [4.78, 5) is 21.0. The van der Waals surface area contributed by atoms with E-state index < -0.39 is 11.9 Å². The van der Waals surface area contributed by atoms with Gasteiger partial charge in [0, 0.05) is 18.9 Å². The number of primary amides is 1. The van der Waals surface area contributed by atoms with E-state index in [1.165, 1.54) is 16.3 Å². The third-order valence-corrected chi connectivity index (χ3v) is 4.07. The topological polar surface area (TPSA) is 106 Å². The molecule has 0 aliphatic carbocycles. The lowest BCUT2D eigenvalue weighted by Gasteiger charge is -2.14. The highest BCUT2D eigenvalue weighted by atomic mass is 16.4. The zero-order valence-electron chi connectivity index (χ0n) is 15.8. The van der Waals surface area contributed by atoms with Crippen LogP contribution in [-0.2, 0) is 9.59 Å². The van der Waals surface area contributed by atoms with Crippen molar-refractivity contribution in [1.29, 1.82) is 0 Å². The van der Waals surface area contributed by atoms with Crippen molar-refractivity contribution in [2.24, 2.45) is 23.3 Å². The van der Waals surface area contributed by atoms with Gasteiger partial charge in [-0.1, -0.05) is 56.3 Å². The fourth-order valence-corrected chi connectivity index (χ4v) is 3.08. The molecule has 142 valence electrons. The maximum absolute atomic E-state index is 10.6. The highest BCUT2D eigenvalue weighted by molar-refractivity contribution is 5.86. The first kappa shape index (κ1) is 21.6. The molecule has 0 saturated carbocycles. The van der Waals surface area contributed by atoms with Gasteiger partial charge in [0.1, 0.15) is 0 Å². The lowest BCUT2D eigenvalue weighted by Crippen LogP contribution is -2.19. The molecule has 0 aromatic heterocycles. The van der Waals surface area contributed by atoms with Crippen molar-refractivity contribution in [3.05, 3.63) is 48.0 Å². The molecule has 0 aliphatic heterocycles. The van der Waals surface area contributed by atoms with E-state index in [9.17, 15) is 9.59 Å². The van der Waals surface area contributed by atoms with Crippen LogP contribution in [0, 0.1) is 11.8 Å². The minimum absolute atomic E-state index is 0.0289. The van der Waals surface area contributed by atoms with Crippen molar-refractivity contribution >= 4 is 22.6 Å². The zero-order valence-corrected chi connectivity index (χ0v) is 15.8. The fourth-order valence-electron chi connectivity index (χ4n) is 3.08. The van der Waals surface area contributed by atoms with Crippen LogP contribution in [0.4, 0.5) is 0 Å². The van der Waals surface area contributed by atoms with Crippen molar-refractivity contribution in [3.63, 3.8) is 0 Å². The van der Waals surface area contributed by atoms with Crippen molar-refractivity contribution in [1.82, 2.24) is 0 Å². The summed E-state index contributed by atoms with van der Waals surface area (Å²) in [6.45, 7) is 6.01. The van der Waals surface area contributed by atoms with Gasteiger partial charge in [-0.25, -0.2) is 0 Å². The maximum atomic E-state index is 10.6. The highest BCUT2D eigenvalue weighted by Gasteiger charge is 2.16. The molecule has 26 heavy (non-hydrogen) atoms. The third-order valence-electron chi connectivity index (χ3n) is 4.07. The van der Waals surface area contributed by atoms with Crippen LogP contribution in [0.2, 0.25) is 0 Å². The van der Waals surface area contributed by atoms with Crippen LogP contribution in [-0.4, -0.2) is 17.0 Å². The summed E-state index contributed by atoms with van der Waals surface area (Å²) in [5.41, 5.74) is 12.1. The Kier molecular flexibility index (Phi) is 8.79. The molecule has 0 fully saturated rings. The molecule has 0 spiro atoms. The Morgan fingerprint density at radius 2 is 1.62 bits per heavy atom. The Labute approximate surface area is 155 Å². The van der Waals surface area contributed by atoms with Crippen LogP contribution in [0.5, 0.6) is 0 Å². The SMILES string of the molecule is CC(C)CC(CC(N)=O)CC(=O)O.CC(N)c1cccc2ccccc12. The molecule has 2 atom stereocenters. The van der Waals surface area contributed by atoms with E-state index in [2.05, 4.69) is 30.3 Å². The number of nitrogens with two attached hydrogens (primary N) is 2. The molecule has 1 amide bonds. The molecular weight excluding hydrogens is 328 g/mol. The highest BCUT2D eigenvalue weighted by Crippen LogP contribution is 2.22. The quantitative estimate of drug-likeness (QED) is 0.698. The summed E-state index contributed by atoms with van der Waals surface area (Å²) in [6, 6.07) is 14.7. The number of benzene rings is 2. The third kappa shape index (κ3) is 7.66. The fraction of sp³-hybridized carbons (Fsp3) is 0.429. The van der Waals surface area contributed by atoms with Crippen LogP contribution in [0.25, 0.3) is 10.8 Å². The number of aliphatic carboxylic acids is 1. The smallest absolute Gasteiger partial charge is 0.303 e. The molecule has 2 rings (SSSR count). The molecule has 2 aromatic rings. The van der Waals surface area contributed by atoms with E-state index in [0.29, 0.717) is 5.92 Å². The van der Waals surface area contributed by atoms with Gasteiger partial charge in [-0.2, -0.15) is 0 Å². The molecule has 5 nitrogen and oxygen atoms in total. The van der Waals surface area contributed by atoms with E-state index in [4.69, 9.17) is 16.6 Å². The zero-order chi connectivity index (χ0) is 19.7. The van der Waals surface area contributed by atoms with Gasteiger partial charge in [-0.15, -0.1) is 0 Å². The largest absolute Gasteiger partial charge is 0.481 e. The predicted molar refractivity (Wildman–Crippen MR) is 106 cm³/mol.